The second kappa shape index (κ2) is 7.74. The Morgan fingerprint density at radius 3 is 2.74 bits per heavy atom. The number of carboxylic acid groups (broad SMARTS) is 1. The van der Waals surface area contributed by atoms with E-state index >= 15 is 0 Å². The standard InChI is InChI=1S/C15H23N3O4S/c1-2-3-6-13(15(19)20)17-14-11-12(7-8-16-14)23(21,22)18-9-4-5-10-18/h7-8,11,13H,2-6,9-10H2,1H3,(H,16,17)(H,19,20). The molecule has 2 heterocycles. The third-order valence-electron chi connectivity index (χ3n) is 3.90. The van der Waals surface area contributed by atoms with Crippen LogP contribution in [0.3, 0.4) is 0 Å². The first-order valence-electron chi connectivity index (χ1n) is 7.90. The number of aromatic nitrogens is 1. The van der Waals surface area contributed by atoms with Crippen LogP contribution in [0.5, 0.6) is 0 Å². The minimum absolute atomic E-state index is 0.150. The van der Waals surface area contributed by atoms with Gasteiger partial charge in [-0.05, 0) is 25.3 Å². The van der Waals surface area contributed by atoms with Crippen molar-refractivity contribution < 1.29 is 18.3 Å². The molecule has 0 bridgehead atoms. The van der Waals surface area contributed by atoms with Crippen LogP contribution in [-0.4, -0.2) is 47.9 Å². The first kappa shape index (κ1) is 17.7. The first-order chi connectivity index (χ1) is 10.9. The Balaban J connectivity index is 2.17. The highest BCUT2D eigenvalue weighted by atomic mass is 32.2. The molecule has 0 radical (unpaired) electrons. The van der Waals surface area contributed by atoms with Gasteiger partial charge in [-0.25, -0.2) is 18.2 Å². The number of hydrogen-bond acceptors (Lipinski definition) is 5. The minimum Gasteiger partial charge on any atom is -0.480 e. The molecule has 1 atom stereocenters. The van der Waals surface area contributed by atoms with E-state index in [9.17, 15) is 18.3 Å². The molecule has 2 rings (SSSR count). The van der Waals surface area contributed by atoms with E-state index in [0.29, 0.717) is 19.5 Å². The topological polar surface area (TPSA) is 99.6 Å². The summed E-state index contributed by atoms with van der Waals surface area (Å²) in [6, 6.07) is 2.09. The molecular weight excluding hydrogens is 318 g/mol. The monoisotopic (exact) mass is 341 g/mol. The van der Waals surface area contributed by atoms with Gasteiger partial charge in [0.1, 0.15) is 11.9 Å². The average molecular weight is 341 g/mol. The molecule has 2 N–H and O–H groups in total. The van der Waals surface area contributed by atoms with Crippen molar-refractivity contribution in [3.63, 3.8) is 0 Å². The van der Waals surface area contributed by atoms with Gasteiger partial charge in [0.2, 0.25) is 10.0 Å². The number of rotatable bonds is 8. The van der Waals surface area contributed by atoms with Crippen LogP contribution in [0.2, 0.25) is 0 Å². The van der Waals surface area contributed by atoms with E-state index in [0.717, 1.165) is 25.7 Å². The smallest absolute Gasteiger partial charge is 0.326 e. The van der Waals surface area contributed by atoms with Crippen LogP contribution in [0.15, 0.2) is 23.2 Å². The molecule has 1 aliphatic heterocycles. The van der Waals surface area contributed by atoms with Crippen molar-refractivity contribution in [1.29, 1.82) is 0 Å². The minimum atomic E-state index is -3.53. The van der Waals surface area contributed by atoms with Gasteiger partial charge in [0.05, 0.1) is 4.90 Å². The fourth-order valence-corrected chi connectivity index (χ4v) is 4.10. The van der Waals surface area contributed by atoms with Gasteiger partial charge in [0.25, 0.3) is 0 Å². The third-order valence-corrected chi connectivity index (χ3v) is 5.80. The van der Waals surface area contributed by atoms with Crippen LogP contribution in [0.25, 0.3) is 0 Å². The molecule has 23 heavy (non-hydrogen) atoms. The lowest BCUT2D eigenvalue weighted by molar-refractivity contribution is -0.138. The van der Waals surface area contributed by atoms with E-state index in [4.69, 9.17) is 0 Å². The number of aliphatic carboxylic acids is 1. The molecule has 0 aliphatic carbocycles. The molecule has 7 nitrogen and oxygen atoms in total. The Morgan fingerprint density at radius 2 is 2.13 bits per heavy atom. The number of nitrogens with zero attached hydrogens (tertiary/aromatic N) is 2. The number of pyridine rings is 1. The molecular formula is C15H23N3O4S. The maximum Gasteiger partial charge on any atom is 0.326 e. The van der Waals surface area contributed by atoms with Crippen molar-refractivity contribution in [2.24, 2.45) is 0 Å². The van der Waals surface area contributed by atoms with Crippen molar-refractivity contribution in [3.8, 4) is 0 Å². The highest BCUT2D eigenvalue weighted by Gasteiger charge is 2.27. The fourth-order valence-electron chi connectivity index (χ4n) is 2.57. The lowest BCUT2D eigenvalue weighted by atomic mass is 10.1. The van der Waals surface area contributed by atoms with Gasteiger partial charge in [-0.2, -0.15) is 4.31 Å². The number of unbranched alkanes of at least 4 members (excludes halogenated alkanes) is 1. The second-order valence-electron chi connectivity index (χ2n) is 5.67. The van der Waals surface area contributed by atoms with Crippen molar-refractivity contribution in [2.45, 2.75) is 50.0 Å². The van der Waals surface area contributed by atoms with Crippen LogP contribution < -0.4 is 5.32 Å². The molecule has 1 aromatic rings. The normalized spacial score (nSPS) is 17.1. The van der Waals surface area contributed by atoms with Gasteiger partial charge in [-0.1, -0.05) is 19.8 Å². The maximum atomic E-state index is 12.5. The Morgan fingerprint density at radius 1 is 1.43 bits per heavy atom. The average Bonchev–Trinajstić information content (AvgIpc) is 3.06. The van der Waals surface area contributed by atoms with Crippen LogP contribution >= 0.6 is 0 Å². The quantitative estimate of drug-likeness (QED) is 0.749. The van der Waals surface area contributed by atoms with Crippen LogP contribution in [0.1, 0.15) is 39.0 Å². The van der Waals surface area contributed by atoms with E-state index in [-0.39, 0.29) is 10.7 Å². The largest absolute Gasteiger partial charge is 0.480 e. The summed E-state index contributed by atoms with van der Waals surface area (Å²) in [5.74, 6) is -0.693. The number of hydrogen-bond donors (Lipinski definition) is 2. The molecule has 1 unspecified atom stereocenters. The molecule has 128 valence electrons. The summed E-state index contributed by atoms with van der Waals surface area (Å²) >= 11 is 0. The van der Waals surface area contributed by atoms with Gasteiger partial charge in [0, 0.05) is 25.4 Å². The first-order valence-corrected chi connectivity index (χ1v) is 9.34. The lowest BCUT2D eigenvalue weighted by Crippen LogP contribution is -2.30. The summed E-state index contributed by atoms with van der Waals surface area (Å²) in [6.07, 6.45) is 5.26. The zero-order chi connectivity index (χ0) is 16.9. The van der Waals surface area contributed by atoms with E-state index in [1.54, 1.807) is 0 Å². The Kier molecular flexibility index (Phi) is 5.95. The summed E-state index contributed by atoms with van der Waals surface area (Å²) in [5.41, 5.74) is 0. The molecule has 1 aromatic heterocycles. The molecule has 0 saturated carbocycles. The predicted molar refractivity (Wildman–Crippen MR) is 86.8 cm³/mol. The van der Waals surface area contributed by atoms with Crippen molar-refractivity contribution in [1.82, 2.24) is 9.29 Å². The predicted octanol–water partition coefficient (Wildman–Crippen LogP) is 1.92. The van der Waals surface area contributed by atoms with E-state index in [1.165, 1.54) is 22.6 Å². The molecule has 1 saturated heterocycles. The van der Waals surface area contributed by atoms with Crippen LogP contribution in [0.4, 0.5) is 5.82 Å². The number of anilines is 1. The summed E-state index contributed by atoms with van der Waals surface area (Å²) in [4.78, 5) is 15.5. The zero-order valence-corrected chi connectivity index (χ0v) is 14.1. The van der Waals surface area contributed by atoms with Crippen molar-refractivity contribution in [2.75, 3.05) is 18.4 Å². The van der Waals surface area contributed by atoms with Gasteiger partial charge in [-0.3, -0.25) is 0 Å². The SMILES string of the molecule is CCCCC(Nc1cc(S(=O)(=O)N2CCCC2)ccn1)C(=O)O. The summed E-state index contributed by atoms with van der Waals surface area (Å²) in [6.45, 7) is 3.05. The zero-order valence-electron chi connectivity index (χ0n) is 13.2. The van der Waals surface area contributed by atoms with E-state index in [2.05, 4.69) is 10.3 Å². The molecule has 1 aliphatic rings. The van der Waals surface area contributed by atoms with Crippen molar-refractivity contribution in [3.05, 3.63) is 18.3 Å². The third kappa shape index (κ3) is 4.42. The molecule has 0 spiro atoms. The summed E-state index contributed by atoms with van der Waals surface area (Å²) in [7, 11) is -3.53. The van der Waals surface area contributed by atoms with E-state index < -0.39 is 22.0 Å². The van der Waals surface area contributed by atoms with Gasteiger partial charge < -0.3 is 10.4 Å². The van der Waals surface area contributed by atoms with E-state index in [1.807, 2.05) is 6.92 Å². The number of carboxylic acids is 1. The number of sulfonamides is 1. The fraction of sp³-hybridized carbons (Fsp3) is 0.600. The van der Waals surface area contributed by atoms with Crippen LogP contribution in [-0.2, 0) is 14.8 Å². The maximum absolute atomic E-state index is 12.5. The second-order valence-corrected chi connectivity index (χ2v) is 7.60. The number of nitrogens with one attached hydrogen (secondary N) is 1. The Hall–Kier alpha value is -1.67. The molecule has 0 amide bonds. The molecule has 1 fully saturated rings. The summed E-state index contributed by atoms with van der Waals surface area (Å²) < 4.78 is 26.5. The molecule has 0 aromatic carbocycles. The molecule has 8 heteroatoms. The van der Waals surface area contributed by atoms with Crippen LogP contribution in [0, 0.1) is 0 Å². The highest BCUT2D eigenvalue weighted by Crippen LogP contribution is 2.22. The van der Waals surface area contributed by atoms with Crippen molar-refractivity contribution >= 4 is 21.8 Å². The lowest BCUT2D eigenvalue weighted by Gasteiger charge is -2.18. The summed E-state index contributed by atoms with van der Waals surface area (Å²) in [5, 5.41) is 12.1. The van der Waals surface area contributed by atoms with Gasteiger partial charge >= 0.3 is 5.97 Å². The Labute approximate surface area is 136 Å². The Bertz CT molecular complexity index is 642. The number of carbonyl (C=O) groups is 1. The highest BCUT2D eigenvalue weighted by molar-refractivity contribution is 7.89. The van der Waals surface area contributed by atoms with Gasteiger partial charge in [0.15, 0.2) is 0 Å². The van der Waals surface area contributed by atoms with Gasteiger partial charge in [-0.15, -0.1) is 0 Å².